The quantitative estimate of drug-likeness (QED) is 0.0492. The van der Waals surface area contributed by atoms with Gasteiger partial charge in [0.15, 0.2) is 0 Å². The Labute approximate surface area is 263 Å². The molecule has 0 aromatic rings. The lowest BCUT2D eigenvalue weighted by Crippen LogP contribution is -2.26. The van der Waals surface area contributed by atoms with Gasteiger partial charge in [-0.1, -0.05) is 109 Å². The van der Waals surface area contributed by atoms with E-state index in [9.17, 15) is 20.1 Å². The highest BCUT2D eigenvalue weighted by molar-refractivity contribution is 5.90. The van der Waals surface area contributed by atoms with Crippen LogP contribution < -0.4 is 0 Å². The lowest BCUT2D eigenvalue weighted by atomic mass is 10.0. The number of rotatable bonds is 27. The Balaban J connectivity index is 1.39. The maximum absolute atomic E-state index is 11.6. The van der Waals surface area contributed by atoms with Gasteiger partial charge in [0, 0.05) is 5.57 Å². The number of hydrogen-bond donors (Lipinski definition) is 3. The van der Waals surface area contributed by atoms with Gasteiger partial charge in [0.1, 0.15) is 6.10 Å². The summed E-state index contributed by atoms with van der Waals surface area (Å²) in [6.45, 7) is 4.16. The molecule has 0 amide bonds. The number of unbranched alkanes of at least 4 members (excludes halogenated alkanes) is 13. The highest BCUT2D eigenvalue weighted by atomic mass is 16.5. The van der Waals surface area contributed by atoms with Crippen molar-refractivity contribution in [2.24, 2.45) is 0 Å². The Bertz CT molecular complexity index is 764. The van der Waals surface area contributed by atoms with Crippen LogP contribution in [0.4, 0.5) is 0 Å². The van der Waals surface area contributed by atoms with E-state index >= 15 is 0 Å². The minimum absolute atomic E-state index is 0.0528. The summed E-state index contributed by atoms with van der Waals surface area (Å²) in [7, 11) is 0. The van der Waals surface area contributed by atoms with Gasteiger partial charge in [0.2, 0.25) is 0 Å². The molecule has 0 aliphatic carbocycles. The molecular formula is C37H66O6. The first-order valence-corrected chi connectivity index (χ1v) is 18.2. The molecule has 43 heavy (non-hydrogen) atoms. The van der Waals surface area contributed by atoms with Crippen molar-refractivity contribution in [2.75, 3.05) is 0 Å². The van der Waals surface area contributed by atoms with Crippen LogP contribution in [0, 0.1) is 0 Å². The number of hydrogen-bond acceptors (Lipinski definition) is 6. The average molecular weight is 607 g/mol. The molecule has 0 bridgehead atoms. The van der Waals surface area contributed by atoms with Crippen molar-refractivity contribution in [3.63, 3.8) is 0 Å². The number of cyclic esters (lactones) is 1. The van der Waals surface area contributed by atoms with Crippen molar-refractivity contribution in [1.82, 2.24) is 0 Å². The molecule has 6 heteroatoms. The summed E-state index contributed by atoms with van der Waals surface area (Å²) in [5, 5.41) is 31.2. The van der Waals surface area contributed by atoms with Crippen molar-refractivity contribution >= 4 is 5.97 Å². The lowest BCUT2D eigenvalue weighted by Gasteiger charge is -2.19. The zero-order chi connectivity index (χ0) is 31.1. The molecular weight excluding hydrogens is 540 g/mol. The number of allylic oxidation sites excluding steroid dienone is 2. The molecule has 3 N–H and O–H groups in total. The van der Waals surface area contributed by atoms with E-state index in [4.69, 9.17) is 9.47 Å². The fourth-order valence-corrected chi connectivity index (χ4v) is 6.44. The van der Waals surface area contributed by atoms with Gasteiger partial charge in [-0.15, -0.1) is 0 Å². The van der Waals surface area contributed by atoms with E-state index in [0.29, 0.717) is 19.3 Å². The van der Waals surface area contributed by atoms with Crippen LogP contribution in [0.15, 0.2) is 23.8 Å². The van der Waals surface area contributed by atoms with E-state index in [1.54, 1.807) is 0 Å². The van der Waals surface area contributed by atoms with E-state index < -0.39 is 18.3 Å². The number of esters is 1. The van der Waals surface area contributed by atoms with E-state index in [2.05, 4.69) is 19.1 Å². The molecule has 2 aliphatic heterocycles. The lowest BCUT2D eigenvalue weighted by molar-refractivity contribution is -0.139. The zero-order valence-corrected chi connectivity index (χ0v) is 27.7. The molecule has 0 spiro atoms. The Morgan fingerprint density at radius 3 is 2.00 bits per heavy atom. The smallest absolute Gasteiger partial charge is 0.334 e. The molecule has 0 radical (unpaired) electrons. The molecule has 0 saturated carbocycles. The largest absolute Gasteiger partial charge is 0.455 e. The van der Waals surface area contributed by atoms with Crippen molar-refractivity contribution in [3.8, 4) is 0 Å². The van der Waals surface area contributed by atoms with Crippen LogP contribution in [-0.2, 0) is 14.3 Å². The van der Waals surface area contributed by atoms with Crippen molar-refractivity contribution in [1.29, 1.82) is 0 Å². The van der Waals surface area contributed by atoms with Gasteiger partial charge in [0.05, 0.1) is 30.5 Å². The van der Waals surface area contributed by atoms with Gasteiger partial charge >= 0.3 is 5.97 Å². The van der Waals surface area contributed by atoms with Gasteiger partial charge in [0.25, 0.3) is 0 Å². The normalized spacial score (nSPS) is 22.7. The van der Waals surface area contributed by atoms with Crippen molar-refractivity contribution < 1.29 is 29.6 Å². The van der Waals surface area contributed by atoms with Crippen LogP contribution in [0.1, 0.15) is 168 Å². The summed E-state index contributed by atoms with van der Waals surface area (Å²) in [4.78, 5) is 11.6. The Morgan fingerprint density at radius 2 is 1.35 bits per heavy atom. The molecule has 6 nitrogen and oxygen atoms in total. The molecule has 6 unspecified atom stereocenters. The van der Waals surface area contributed by atoms with Crippen LogP contribution in [0.25, 0.3) is 0 Å². The second kappa shape index (κ2) is 24.1. The predicted octanol–water partition coefficient (Wildman–Crippen LogP) is 8.65. The summed E-state index contributed by atoms with van der Waals surface area (Å²) >= 11 is 0. The highest BCUT2D eigenvalue weighted by Gasteiger charge is 2.29. The monoisotopic (exact) mass is 606 g/mol. The molecule has 1 fully saturated rings. The van der Waals surface area contributed by atoms with E-state index in [-0.39, 0.29) is 24.3 Å². The third-order valence-electron chi connectivity index (χ3n) is 9.26. The number of ether oxygens (including phenoxy) is 2. The molecule has 0 aromatic carbocycles. The van der Waals surface area contributed by atoms with Gasteiger partial charge in [-0.3, -0.25) is 0 Å². The molecule has 2 rings (SSSR count). The summed E-state index contributed by atoms with van der Waals surface area (Å²) in [6.07, 6.45) is 30.3. The van der Waals surface area contributed by atoms with Gasteiger partial charge in [-0.25, -0.2) is 4.79 Å². The van der Waals surface area contributed by atoms with Crippen molar-refractivity contribution in [3.05, 3.63) is 23.8 Å². The summed E-state index contributed by atoms with van der Waals surface area (Å²) in [5.41, 5.74) is 0.843. The maximum atomic E-state index is 11.6. The van der Waals surface area contributed by atoms with Gasteiger partial charge in [-0.05, 0) is 77.2 Å². The highest BCUT2D eigenvalue weighted by Crippen LogP contribution is 2.28. The van der Waals surface area contributed by atoms with Crippen LogP contribution in [0.2, 0.25) is 0 Å². The zero-order valence-electron chi connectivity index (χ0n) is 27.7. The third-order valence-corrected chi connectivity index (χ3v) is 9.26. The Morgan fingerprint density at radius 1 is 0.767 bits per heavy atom. The van der Waals surface area contributed by atoms with Crippen LogP contribution in [0.3, 0.4) is 0 Å². The SMILES string of the molecule is CCCCCCCCCCCCC(O)C(O)CC/C=C/CCC(O)C1CCC(CCCCCCCC2=CC(C)OC2=O)O1. The maximum Gasteiger partial charge on any atom is 0.334 e. The predicted molar refractivity (Wildman–Crippen MR) is 176 cm³/mol. The van der Waals surface area contributed by atoms with Crippen LogP contribution >= 0.6 is 0 Å². The fourth-order valence-electron chi connectivity index (χ4n) is 6.44. The molecule has 2 aliphatic rings. The number of aliphatic hydroxyl groups is 3. The van der Waals surface area contributed by atoms with Crippen LogP contribution in [0.5, 0.6) is 0 Å². The first-order chi connectivity index (χ1) is 20.9. The molecule has 1 saturated heterocycles. The second-order valence-corrected chi connectivity index (χ2v) is 13.3. The summed E-state index contributed by atoms with van der Waals surface area (Å²) in [5.74, 6) is -0.139. The topological polar surface area (TPSA) is 96.2 Å². The minimum atomic E-state index is -0.656. The molecule has 2 heterocycles. The molecule has 0 aromatic heterocycles. The van der Waals surface area contributed by atoms with Gasteiger partial charge < -0.3 is 24.8 Å². The molecule has 6 atom stereocenters. The first kappa shape index (κ1) is 38.0. The Kier molecular flexibility index (Phi) is 21.3. The minimum Gasteiger partial charge on any atom is -0.455 e. The van der Waals surface area contributed by atoms with Gasteiger partial charge in [-0.2, -0.15) is 0 Å². The summed E-state index contributed by atoms with van der Waals surface area (Å²) in [6, 6.07) is 0. The number of aliphatic hydroxyl groups excluding tert-OH is 3. The first-order valence-electron chi connectivity index (χ1n) is 18.2. The number of carbonyl (C=O) groups excluding carboxylic acids is 1. The standard InChI is InChI=1S/C37H66O6/c1-3-4-5-6-7-8-9-10-14-19-24-33(38)34(39)25-20-15-16-21-26-35(40)36-28-27-32(43-36)23-18-13-11-12-17-22-31-29-30(2)42-37(31)41/h15-16,29-30,32-36,38-40H,3-14,17-28H2,1-2H3/b16-15+. The average Bonchev–Trinajstić information content (AvgIpc) is 3.60. The van der Waals surface area contributed by atoms with Crippen LogP contribution in [-0.4, -0.2) is 57.9 Å². The molecule has 250 valence electrons. The van der Waals surface area contributed by atoms with Crippen molar-refractivity contribution in [2.45, 2.75) is 205 Å². The van der Waals surface area contributed by atoms with E-state index in [0.717, 1.165) is 76.2 Å². The van der Waals surface area contributed by atoms with E-state index in [1.807, 2.05) is 13.0 Å². The second-order valence-electron chi connectivity index (χ2n) is 13.3. The van der Waals surface area contributed by atoms with E-state index in [1.165, 1.54) is 64.2 Å². The summed E-state index contributed by atoms with van der Waals surface area (Å²) < 4.78 is 11.3. The fraction of sp³-hybridized carbons (Fsp3) is 0.865. The number of carbonyl (C=O) groups is 1. The third kappa shape index (κ3) is 17.8. The Hall–Kier alpha value is -1.21.